The van der Waals surface area contributed by atoms with Gasteiger partial charge >= 0.3 is 34.5 Å². The van der Waals surface area contributed by atoms with E-state index in [-0.39, 0.29) is 15.1 Å². The van der Waals surface area contributed by atoms with Crippen LogP contribution < -0.4 is 47.7 Å². The molecule has 0 aliphatic heterocycles. The maximum Gasteiger partial charge on any atom is -0.0134 e. The van der Waals surface area contributed by atoms with Crippen LogP contribution >= 0.6 is 43.1 Å². The monoisotopic (exact) mass is 1020 g/mol. The number of rotatable bonds is 9. The molecule has 0 fully saturated rings. The van der Waals surface area contributed by atoms with Crippen molar-refractivity contribution in [3.8, 4) is 0 Å². The SMILES string of the molecule is CC(=O)O.[Cl][Ru][Cl].c1ccc(P(c2ccccc2)c2ccccc2)cc1.c1ccc(P(c2ccccc2)c2ccccc2)cc1.c1ccc(P(c2ccccc2)c2ccccc2)cc1. The molecule has 0 aromatic heterocycles. The van der Waals surface area contributed by atoms with Crippen molar-refractivity contribution in [2.75, 3.05) is 0 Å². The van der Waals surface area contributed by atoms with Crippen molar-refractivity contribution in [2.45, 2.75) is 6.92 Å². The fourth-order valence-corrected chi connectivity index (χ4v) is 13.5. The van der Waals surface area contributed by atoms with Crippen molar-refractivity contribution in [3.05, 3.63) is 273 Å². The van der Waals surface area contributed by atoms with Crippen LogP contribution in [-0.2, 0) is 19.9 Å². The van der Waals surface area contributed by atoms with Crippen molar-refractivity contribution < 1.29 is 25.0 Å². The number of hydrogen-bond donors (Lipinski definition) is 1. The standard InChI is InChI=1S/3C18H15P.C2H4O2.2ClH.Ru/c3*1-4-10-16(11-5-1)19(17-12-6-2-7-13-17)18-14-8-3-9-15-18;1-2(3)4;;;/h3*1-15H;1H3,(H,3,4);2*1H;/q;;;;;;+2/p-2. The number of aliphatic carboxylic acids is 1. The van der Waals surface area contributed by atoms with Gasteiger partial charge in [0.15, 0.2) is 0 Å². The Morgan fingerprint density at radius 2 is 0.375 bits per heavy atom. The van der Waals surface area contributed by atoms with Crippen LogP contribution in [0.4, 0.5) is 0 Å². The Morgan fingerprint density at radius 3 is 0.453 bits per heavy atom. The third kappa shape index (κ3) is 16.8. The summed E-state index contributed by atoms with van der Waals surface area (Å²) in [5.74, 6) is -0.833. The molecule has 64 heavy (non-hydrogen) atoms. The Labute approximate surface area is 399 Å². The first-order valence-electron chi connectivity index (χ1n) is 20.4. The van der Waals surface area contributed by atoms with Gasteiger partial charge in [0.25, 0.3) is 5.97 Å². The van der Waals surface area contributed by atoms with Gasteiger partial charge in [-0.1, -0.05) is 273 Å². The molecule has 0 saturated heterocycles. The second kappa shape index (κ2) is 29.4. The number of benzene rings is 9. The first-order chi connectivity index (χ1) is 31.5. The van der Waals surface area contributed by atoms with Gasteiger partial charge in [-0.2, -0.15) is 0 Å². The maximum absolute atomic E-state index is 9.00. The van der Waals surface area contributed by atoms with Gasteiger partial charge in [-0.15, -0.1) is 0 Å². The van der Waals surface area contributed by atoms with Crippen molar-refractivity contribution in [2.24, 2.45) is 0 Å². The second-order valence-corrected chi connectivity index (χ2v) is 22.9. The molecule has 9 rings (SSSR count). The smallest absolute Gasteiger partial charge is 0.0134 e. The summed E-state index contributed by atoms with van der Waals surface area (Å²) < 4.78 is 0. The molecule has 0 radical (unpaired) electrons. The van der Waals surface area contributed by atoms with E-state index in [4.69, 9.17) is 29.3 Å². The van der Waals surface area contributed by atoms with E-state index in [0.717, 1.165) is 6.92 Å². The van der Waals surface area contributed by atoms with Crippen molar-refractivity contribution in [1.29, 1.82) is 0 Å². The van der Waals surface area contributed by atoms with Gasteiger partial charge in [0.1, 0.15) is 0 Å². The van der Waals surface area contributed by atoms with Gasteiger partial charge < -0.3 is 5.11 Å². The second-order valence-electron chi connectivity index (χ2n) is 13.6. The predicted molar refractivity (Wildman–Crippen MR) is 280 cm³/mol. The number of carboxylic acid groups (broad SMARTS) is 1. The summed E-state index contributed by atoms with van der Waals surface area (Å²) in [4.78, 5) is 9.00. The van der Waals surface area contributed by atoms with Gasteiger partial charge in [0.05, 0.1) is 0 Å². The minimum Gasteiger partial charge on any atom is -0.0622 e. The Bertz CT molecular complexity index is 2000. The summed E-state index contributed by atoms with van der Waals surface area (Å²) in [6.45, 7) is 1.08. The Kier molecular flexibility index (Phi) is 22.9. The van der Waals surface area contributed by atoms with E-state index >= 15 is 0 Å². The van der Waals surface area contributed by atoms with Gasteiger partial charge in [-0.3, -0.25) is 4.79 Å². The summed E-state index contributed by atoms with van der Waals surface area (Å²) in [5, 5.41) is 20.0. The Hall–Kier alpha value is -5.06. The molecule has 0 saturated carbocycles. The van der Waals surface area contributed by atoms with Gasteiger partial charge in [-0.05, 0) is 71.5 Å². The average molecular weight is 1020 g/mol. The first kappa shape index (κ1) is 50.0. The van der Waals surface area contributed by atoms with Crippen LogP contribution in [0.3, 0.4) is 0 Å². The minimum atomic E-state index is -0.833. The van der Waals surface area contributed by atoms with E-state index in [1.54, 1.807) is 0 Å². The normalized spacial score (nSPS) is 10.2. The molecule has 0 aliphatic rings. The zero-order valence-corrected chi connectivity index (χ0v) is 41.2. The van der Waals surface area contributed by atoms with Crippen LogP contribution in [0.15, 0.2) is 273 Å². The number of hydrogen-bond acceptors (Lipinski definition) is 1. The van der Waals surface area contributed by atoms with E-state index in [1.807, 2.05) is 0 Å². The van der Waals surface area contributed by atoms with E-state index in [1.165, 1.54) is 47.7 Å². The topological polar surface area (TPSA) is 37.3 Å². The Balaban J connectivity index is 0.000000168. The molecule has 2 nitrogen and oxygen atoms in total. The number of carboxylic acids is 1. The molecule has 1 N–H and O–H groups in total. The van der Waals surface area contributed by atoms with E-state index < -0.39 is 29.7 Å². The molecular formula is C56H49Cl2O2P3Ru. The molecule has 8 heteroatoms. The molecular weight excluding hydrogens is 970 g/mol. The summed E-state index contributed by atoms with van der Waals surface area (Å²) in [5.41, 5.74) is 0. The quantitative estimate of drug-likeness (QED) is 0.116. The van der Waals surface area contributed by atoms with E-state index in [0.29, 0.717) is 0 Å². The molecule has 0 atom stereocenters. The van der Waals surface area contributed by atoms with Crippen LogP contribution in [0.2, 0.25) is 0 Å². The minimum absolute atomic E-state index is 0.346. The average Bonchev–Trinajstić information content (AvgIpc) is 3.35. The summed E-state index contributed by atoms with van der Waals surface area (Å²) in [7, 11) is 8.37. The fourth-order valence-electron chi connectivity index (χ4n) is 6.54. The van der Waals surface area contributed by atoms with Crippen molar-refractivity contribution in [3.63, 3.8) is 0 Å². The predicted octanol–water partition coefficient (Wildman–Crippen LogP) is 11.8. The van der Waals surface area contributed by atoms with Crippen LogP contribution in [-0.4, -0.2) is 11.1 Å². The molecule has 9 aromatic rings. The van der Waals surface area contributed by atoms with Gasteiger partial charge in [0, 0.05) is 6.92 Å². The van der Waals surface area contributed by atoms with E-state index in [2.05, 4.69) is 273 Å². The molecule has 0 aliphatic carbocycles. The van der Waals surface area contributed by atoms with Crippen LogP contribution in [0.25, 0.3) is 0 Å². The summed E-state index contributed by atoms with van der Waals surface area (Å²) in [6.07, 6.45) is 0. The zero-order chi connectivity index (χ0) is 45.0. The molecule has 9 aromatic carbocycles. The molecule has 0 amide bonds. The Morgan fingerprint density at radius 1 is 0.297 bits per heavy atom. The molecule has 322 valence electrons. The van der Waals surface area contributed by atoms with E-state index in [9.17, 15) is 0 Å². The first-order valence-corrected chi connectivity index (χ1v) is 28.9. The molecule has 0 spiro atoms. The third-order valence-electron chi connectivity index (χ3n) is 9.13. The summed E-state index contributed by atoms with van der Waals surface area (Å²) in [6, 6.07) is 97.0. The van der Waals surface area contributed by atoms with Crippen molar-refractivity contribution >= 4 is 96.9 Å². The molecule has 0 heterocycles. The van der Waals surface area contributed by atoms with Crippen LogP contribution in [0, 0.1) is 0 Å². The van der Waals surface area contributed by atoms with Crippen LogP contribution in [0.5, 0.6) is 0 Å². The zero-order valence-electron chi connectivity index (χ0n) is 35.3. The van der Waals surface area contributed by atoms with Crippen molar-refractivity contribution in [1.82, 2.24) is 0 Å². The summed E-state index contributed by atoms with van der Waals surface area (Å²) >= 11 is -0.346. The maximum atomic E-state index is 9.00. The fraction of sp³-hybridized carbons (Fsp3) is 0.0179. The third-order valence-corrected chi connectivity index (χ3v) is 16.5. The molecule has 0 unspecified atom stereocenters. The molecule has 0 bridgehead atoms. The van der Waals surface area contributed by atoms with Crippen LogP contribution in [0.1, 0.15) is 6.92 Å². The van der Waals surface area contributed by atoms with Gasteiger partial charge in [0.2, 0.25) is 0 Å². The number of halogens is 2. The largest absolute Gasteiger partial charge is 0.0622 e. The number of carbonyl (C=O) groups is 1. The van der Waals surface area contributed by atoms with Gasteiger partial charge in [-0.25, -0.2) is 0 Å².